The van der Waals surface area contributed by atoms with Crippen LogP contribution < -0.4 is 5.32 Å². The number of nitro benzene ring substituents is 1. The Bertz CT molecular complexity index is 811. The summed E-state index contributed by atoms with van der Waals surface area (Å²) in [4.78, 5) is 24.9. The summed E-state index contributed by atoms with van der Waals surface area (Å²) in [7, 11) is -3.79. The van der Waals surface area contributed by atoms with Crippen molar-refractivity contribution in [2.75, 3.05) is 32.7 Å². The number of non-ortho nitro benzene ring substituents is 1. The smallest absolute Gasteiger partial charge is 0.269 e. The molecular formula is C17H24N4O5S. The van der Waals surface area contributed by atoms with Crippen LogP contribution in [0.15, 0.2) is 29.2 Å². The van der Waals surface area contributed by atoms with E-state index in [0.717, 1.165) is 13.1 Å². The van der Waals surface area contributed by atoms with Gasteiger partial charge in [-0.15, -0.1) is 0 Å². The van der Waals surface area contributed by atoms with E-state index in [2.05, 4.69) is 5.32 Å². The Balaban J connectivity index is 1.74. The molecule has 2 aliphatic rings. The molecule has 2 heterocycles. The van der Waals surface area contributed by atoms with Crippen LogP contribution in [0.5, 0.6) is 0 Å². The molecule has 2 unspecified atom stereocenters. The lowest BCUT2D eigenvalue weighted by atomic mass is 9.97. The first-order valence-electron chi connectivity index (χ1n) is 9.06. The van der Waals surface area contributed by atoms with Crippen molar-refractivity contribution in [3.63, 3.8) is 0 Å². The van der Waals surface area contributed by atoms with E-state index in [-0.39, 0.29) is 35.0 Å². The molecule has 2 fully saturated rings. The van der Waals surface area contributed by atoms with E-state index in [1.54, 1.807) is 0 Å². The molecule has 148 valence electrons. The maximum absolute atomic E-state index is 12.9. The Morgan fingerprint density at radius 1 is 1.26 bits per heavy atom. The number of hydrogen-bond donors (Lipinski definition) is 1. The van der Waals surface area contributed by atoms with Crippen molar-refractivity contribution in [3.8, 4) is 0 Å². The highest BCUT2D eigenvalue weighted by atomic mass is 32.2. The zero-order valence-electron chi connectivity index (χ0n) is 15.2. The molecule has 2 saturated heterocycles. The third-order valence-electron chi connectivity index (χ3n) is 5.20. The van der Waals surface area contributed by atoms with Crippen LogP contribution in [0.1, 0.15) is 19.8 Å². The highest BCUT2D eigenvalue weighted by Crippen LogP contribution is 2.26. The van der Waals surface area contributed by atoms with Crippen molar-refractivity contribution in [2.24, 2.45) is 5.92 Å². The van der Waals surface area contributed by atoms with Gasteiger partial charge in [0.15, 0.2) is 0 Å². The third-order valence-corrected chi connectivity index (χ3v) is 7.08. The minimum Gasteiger partial charge on any atom is -0.337 e. The van der Waals surface area contributed by atoms with E-state index in [0.29, 0.717) is 25.9 Å². The fourth-order valence-electron chi connectivity index (χ4n) is 3.65. The molecule has 0 bridgehead atoms. The average Bonchev–Trinajstić information content (AvgIpc) is 2.68. The van der Waals surface area contributed by atoms with Crippen LogP contribution in [0.4, 0.5) is 5.69 Å². The first-order chi connectivity index (χ1) is 12.8. The summed E-state index contributed by atoms with van der Waals surface area (Å²) in [6.45, 7) is 4.59. The van der Waals surface area contributed by atoms with E-state index in [9.17, 15) is 23.3 Å². The summed E-state index contributed by atoms with van der Waals surface area (Å²) in [6, 6.07) is 4.95. The Morgan fingerprint density at radius 2 is 1.96 bits per heavy atom. The van der Waals surface area contributed by atoms with Crippen LogP contribution in [-0.4, -0.2) is 67.2 Å². The monoisotopic (exact) mass is 396 g/mol. The number of benzene rings is 1. The summed E-state index contributed by atoms with van der Waals surface area (Å²) >= 11 is 0. The fraction of sp³-hybridized carbons (Fsp3) is 0.588. The number of rotatable bonds is 4. The van der Waals surface area contributed by atoms with Crippen molar-refractivity contribution >= 4 is 21.6 Å². The van der Waals surface area contributed by atoms with Gasteiger partial charge in [0.05, 0.1) is 15.7 Å². The predicted octanol–water partition coefficient (Wildman–Crippen LogP) is 0.816. The summed E-state index contributed by atoms with van der Waals surface area (Å²) in [5, 5.41) is 14.0. The van der Waals surface area contributed by atoms with Gasteiger partial charge in [-0.05, 0) is 31.9 Å². The topological polar surface area (TPSA) is 113 Å². The molecule has 2 aliphatic heterocycles. The molecule has 1 aromatic carbocycles. The summed E-state index contributed by atoms with van der Waals surface area (Å²) in [5.74, 6) is -0.347. The highest BCUT2D eigenvalue weighted by Gasteiger charge is 2.36. The van der Waals surface area contributed by atoms with Gasteiger partial charge in [-0.2, -0.15) is 4.31 Å². The SMILES string of the molecule is CC1CNCCN1C(=O)C1CCCN(S(=O)(=O)c2ccc([N+](=O)[O-])cc2)C1. The summed E-state index contributed by atoms with van der Waals surface area (Å²) < 4.78 is 27.1. The maximum atomic E-state index is 12.9. The molecule has 1 amide bonds. The van der Waals surface area contributed by atoms with Gasteiger partial charge in [-0.25, -0.2) is 8.42 Å². The van der Waals surface area contributed by atoms with E-state index >= 15 is 0 Å². The van der Waals surface area contributed by atoms with Crippen LogP contribution in [-0.2, 0) is 14.8 Å². The zero-order chi connectivity index (χ0) is 19.6. The quantitative estimate of drug-likeness (QED) is 0.595. The van der Waals surface area contributed by atoms with Crippen molar-refractivity contribution in [1.29, 1.82) is 0 Å². The molecule has 10 heteroatoms. The lowest BCUT2D eigenvalue weighted by molar-refractivity contribution is -0.384. The lowest BCUT2D eigenvalue weighted by Gasteiger charge is -2.39. The van der Waals surface area contributed by atoms with Gasteiger partial charge in [0.2, 0.25) is 15.9 Å². The number of piperidine rings is 1. The van der Waals surface area contributed by atoms with Crippen LogP contribution in [0.3, 0.4) is 0 Å². The van der Waals surface area contributed by atoms with E-state index < -0.39 is 14.9 Å². The van der Waals surface area contributed by atoms with Gasteiger partial charge < -0.3 is 10.2 Å². The molecular weight excluding hydrogens is 372 g/mol. The number of nitrogens with zero attached hydrogens (tertiary/aromatic N) is 3. The molecule has 0 saturated carbocycles. The predicted molar refractivity (Wildman–Crippen MR) is 98.6 cm³/mol. The standard InChI is InChI=1S/C17H24N4O5S/c1-13-11-18-8-10-20(13)17(22)14-3-2-9-19(12-14)27(25,26)16-6-4-15(5-7-16)21(23)24/h4-7,13-14,18H,2-3,8-12H2,1H3. The van der Waals surface area contributed by atoms with E-state index in [4.69, 9.17) is 0 Å². The van der Waals surface area contributed by atoms with Gasteiger partial charge in [-0.1, -0.05) is 0 Å². The van der Waals surface area contributed by atoms with Crippen LogP contribution in [0, 0.1) is 16.0 Å². The van der Waals surface area contributed by atoms with Crippen molar-refractivity contribution < 1.29 is 18.1 Å². The molecule has 9 nitrogen and oxygen atoms in total. The largest absolute Gasteiger partial charge is 0.337 e. The van der Waals surface area contributed by atoms with Crippen LogP contribution in [0.25, 0.3) is 0 Å². The molecule has 1 N–H and O–H groups in total. The summed E-state index contributed by atoms with van der Waals surface area (Å²) in [5.41, 5.74) is -0.159. The molecule has 2 atom stereocenters. The number of nitro groups is 1. The first kappa shape index (κ1) is 19.7. The van der Waals surface area contributed by atoms with Crippen LogP contribution >= 0.6 is 0 Å². The average molecular weight is 396 g/mol. The maximum Gasteiger partial charge on any atom is 0.269 e. The van der Waals surface area contributed by atoms with Crippen molar-refractivity contribution in [2.45, 2.75) is 30.7 Å². The minimum absolute atomic E-state index is 0.00704. The van der Waals surface area contributed by atoms with Gasteiger partial charge >= 0.3 is 0 Å². The number of piperazine rings is 1. The van der Waals surface area contributed by atoms with Gasteiger partial charge in [0.1, 0.15) is 0 Å². The minimum atomic E-state index is -3.79. The van der Waals surface area contributed by atoms with Crippen LogP contribution in [0.2, 0.25) is 0 Å². The summed E-state index contributed by atoms with van der Waals surface area (Å²) in [6.07, 6.45) is 1.28. The zero-order valence-corrected chi connectivity index (χ0v) is 16.0. The molecule has 27 heavy (non-hydrogen) atoms. The normalized spacial score (nSPS) is 24.6. The van der Waals surface area contributed by atoms with Gasteiger partial charge in [0, 0.05) is 50.9 Å². The molecule has 0 radical (unpaired) electrons. The number of nitrogens with one attached hydrogen (secondary N) is 1. The number of amides is 1. The number of carbonyl (C=O) groups excluding carboxylic acids is 1. The lowest BCUT2D eigenvalue weighted by Crippen LogP contribution is -2.55. The van der Waals surface area contributed by atoms with Gasteiger partial charge in [0.25, 0.3) is 5.69 Å². The van der Waals surface area contributed by atoms with E-state index in [1.165, 1.54) is 28.6 Å². The number of sulfonamides is 1. The number of hydrogen-bond acceptors (Lipinski definition) is 6. The second-order valence-corrected chi connectivity index (χ2v) is 8.98. The second-order valence-electron chi connectivity index (χ2n) is 7.04. The van der Waals surface area contributed by atoms with Crippen molar-refractivity contribution in [1.82, 2.24) is 14.5 Å². The highest BCUT2D eigenvalue weighted by molar-refractivity contribution is 7.89. The molecule has 3 rings (SSSR count). The fourth-order valence-corrected chi connectivity index (χ4v) is 5.18. The molecule has 0 aliphatic carbocycles. The molecule has 0 spiro atoms. The van der Waals surface area contributed by atoms with Gasteiger partial charge in [-0.3, -0.25) is 14.9 Å². The number of carbonyl (C=O) groups is 1. The Hall–Kier alpha value is -2.04. The first-order valence-corrected chi connectivity index (χ1v) is 10.5. The third kappa shape index (κ3) is 4.12. The molecule has 1 aromatic rings. The Kier molecular flexibility index (Phi) is 5.78. The van der Waals surface area contributed by atoms with E-state index in [1.807, 2.05) is 11.8 Å². The second kappa shape index (κ2) is 7.91. The van der Waals surface area contributed by atoms with Crippen molar-refractivity contribution in [3.05, 3.63) is 34.4 Å². The Labute approximate surface area is 158 Å². The Morgan fingerprint density at radius 3 is 2.59 bits per heavy atom. The molecule has 0 aromatic heterocycles.